The molecular weight excluding hydrogens is 212 g/mol. The highest BCUT2D eigenvalue weighted by atomic mass is 15.3. The molecular formula is C13H24N4. The van der Waals surface area contributed by atoms with Crippen molar-refractivity contribution >= 4 is 0 Å². The predicted octanol–water partition coefficient (Wildman–Crippen LogP) is 1.33. The molecule has 2 atom stereocenters. The van der Waals surface area contributed by atoms with Crippen LogP contribution in [0.4, 0.5) is 0 Å². The summed E-state index contributed by atoms with van der Waals surface area (Å²) in [6.45, 7) is 6.26. The number of aromatic nitrogens is 2. The van der Waals surface area contributed by atoms with Crippen LogP contribution in [0, 0.1) is 5.92 Å². The van der Waals surface area contributed by atoms with Crippen LogP contribution in [0.3, 0.4) is 0 Å². The van der Waals surface area contributed by atoms with Gasteiger partial charge in [0, 0.05) is 25.0 Å². The quantitative estimate of drug-likeness (QED) is 0.810. The van der Waals surface area contributed by atoms with E-state index in [-0.39, 0.29) is 0 Å². The van der Waals surface area contributed by atoms with Gasteiger partial charge in [0.2, 0.25) is 0 Å². The molecule has 2 N–H and O–H groups in total. The Morgan fingerprint density at radius 1 is 1.47 bits per heavy atom. The van der Waals surface area contributed by atoms with E-state index in [4.69, 9.17) is 5.73 Å². The molecule has 4 heteroatoms. The van der Waals surface area contributed by atoms with E-state index in [1.807, 2.05) is 23.1 Å². The lowest BCUT2D eigenvalue weighted by molar-refractivity contribution is 0.162. The summed E-state index contributed by atoms with van der Waals surface area (Å²) in [6, 6.07) is 2.68. The van der Waals surface area contributed by atoms with Gasteiger partial charge in [-0.2, -0.15) is 5.10 Å². The van der Waals surface area contributed by atoms with Crippen molar-refractivity contribution in [3.63, 3.8) is 0 Å². The van der Waals surface area contributed by atoms with Crippen molar-refractivity contribution in [2.75, 3.05) is 19.6 Å². The number of nitrogens with two attached hydrogens (primary N) is 1. The molecule has 0 aliphatic heterocycles. The first-order valence-electron chi connectivity index (χ1n) is 6.76. The zero-order chi connectivity index (χ0) is 12.1. The van der Waals surface area contributed by atoms with E-state index in [9.17, 15) is 0 Å². The Morgan fingerprint density at radius 3 is 3.00 bits per heavy atom. The molecule has 2 rings (SSSR count). The first-order chi connectivity index (χ1) is 8.35. The Morgan fingerprint density at radius 2 is 2.35 bits per heavy atom. The van der Waals surface area contributed by atoms with E-state index < -0.39 is 0 Å². The minimum absolute atomic E-state index is 0.695. The molecule has 1 saturated carbocycles. The average Bonchev–Trinajstić information content (AvgIpc) is 3.00. The molecule has 0 amide bonds. The van der Waals surface area contributed by atoms with E-state index in [0.29, 0.717) is 12.0 Å². The summed E-state index contributed by atoms with van der Waals surface area (Å²) in [4.78, 5) is 2.58. The molecule has 96 valence electrons. The van der Waals surface area contributed by atoms with Gasteiger partial charge in [-0.3, -0.25) is 9.58 Å². The summed E-state index contributed by atoms with van der Waals surface area (Å²) in [5.41, 5.74) is 5.86. The second kappa shape index (κ2) is 6.17. The Labute approximate surface area is 104 Å². The van der Waals surface area contributed by atoms with Crippen molar-refractivity contribution in [2.24, 2.45) is 11.7 Å². The number of hydrogen-bond donors (Lipinski definition) is 1. The zero-order valence-electron chi connectivity index (χ0n) is 10.8. The van der Waals surface area contributed by atoms with Crippen LogP contribution in [0.15, 0.2) is 18.5 Å². The summed E-state index contributed by atoms with van der Waals surface area (Å²) in [5.74, 6) is 0.701. The molecule has 0 radical (unpaired) electrons. The van der Waals surface area contributed by atoms with Crippen molar-refractivity contribution in [3.05, 3.63) is 18.5 Å². The van der Waals surface area contributed by atoms with Crippen LogP contribution in [-0.2, 0) is 6.54 Å². The topological polar surface area (TPSA) is 47.1 Å². The second-order valence-electron chi connectivity index (χ2n) is 4.89. The van der Waals surface area contributed by atoms with Gasteiger partial charge in [-0.15, -0.1) is 0 Å². The maximum absolute atomic E-state index is 5.86. The van der Waals surface area contributed by atoms with Gasteiger partial charge in [-0.05, 0) is 37.9 Å². The summed E-state index contributed by atoms with van der Waals surface area (Å²) in [7, 11) is 0. The van der Waals surface area contributed by atoms with Crippen LogP contribution in [0.2, 0.25) is 0 Å². The Hall–Kier alpha value is -0.870. The normalized spacial score (nSPS) is 24.6. The minimum atomic E-state index is 0.695. The SMILES string of the molecule is CCN(CCn1cccn1)C1CCCC1CN. The monoisotopic (exact) mass is 236 g/mol. The van der Waals surface area contributed by atoms with Crippen molar-refractivity contribution < 1.29 is 0 Å². The molecule has 0 spiro atoms. The summed E-state index contributed by atoms with van der Waals surface area (Å²) < 4.78 is 2.01. The van der Waals surface area contributed by atoms with Gasteiger partial charge in [0.15, 0.2) is 0 Å². The number of rotatable bonds is 6. The highest BCUT2D eigenvalue weighted by molar-refractivity contribution is 4.86. The third-order valence-corrected chi connectivity index (χ3v) is 3.97. The van der Waals surface area contributed by atoms with Crippen LogP contribution in [0.1, 0.15) is 26.2 Å². The van der Waals surface area contributed by atoms with Gasteiger partial charge >= 0.3 is 0 Å². The lowest BCUT2D eigenvalue weighted by Crippen LogP contribution is -2.41. The summed E-state index contributed by atoms with van der Waals surface area (Å²) in [5, 5.41) is 4.25. The first-order valence-corrected chi connectivity index (χ1v) is 6.76. The second-order valence-corrected chi connectivity index (χ2v) is 4.89. The largest absolute Gasteiger partial charge is 0.330 e. The van der Waals surface area contributed by atoms with Crippen LogP contribution < -0.4 is 5.73 Å². The molecule has 0 bridgehead atoms. The lowest BCUT2D eigenvalue weighted by atomic mass is 10.0. The average molecular weight is 236 g/mol. The zero-order valence-corrected chi connectivity index (χ0v) is 10.8. The maximum Gasteiger partial charge on any atom is 0.0536 e. The fourth-order valence-electron chi connectivity index (χ4n) is 2.99. The molecule has 1 aliphatic carbocycles. The number of nitrogens with zero attached hydrogens (tertiary/aromatic N) is 3. The summed E-state index contributed by atoms with van der Waals surface area (Å²) >= 11 is 0. The standard InChI is InChI=1S/C13H24N4/c1-2-16(9-10-17-8-4-7-15-17)13-6-3-5-12(13)11-14/h4,7-8,12-13H,2-3,5-6,9-11,14H2,1H3. The molecule has 0 saturated heterocycles. The first kappa shape index (κ1) is 12.6. The van der Waals surface area contributed by atoms with Crippen molar-refractivity contribution in [2.45, 2.75) is 38.8 Å². The van der Waals surface area contributed by atoms with E-state index in [2.05, 4.69) is 16.9 Å². The van der Waals surface area contributed by atoms with E-state index in [0.717, 1.165) is 26.2 Å². The highest BCUT2D eigenvalue weighted by Gasteiger charge is 2.30. The Balaban J connectivity index is 1.87. The van der Waals surface area contributed by atoms with Gasteiger partial charge in [0.1, 0.15) is 0 Å². The van der Waals surface area contributed by atoms with Crippen molar-refractivity contribution in [1.82, 2.24) is 14.7 Å². The Bertz CT molecular complexity index is 309. The van der Waals surface area contributed by atoms with Gasteiger partial charge in [0.05, 0.1) is 6.54 Å². The molecule has 17 heavy (non-hydrogen) atoms. The number of hydrogen-bond acceptors (Lipinski definition) is 3. The van der Waals surface area contributed by atoms with Gasteiger partial charge in [-0.1, -0.05) is 13.3 Å². The van der Waals surface area contributed by atoms with Crippen molar-refractivity contribution in [3.8, 4) is 0 Å². The van der Waals surface area contributed by atoms with Gasteiger partial charge in [-0.25, -0.2) is 0 Å². The molecule has 1 aromatic heterocycles. The molecule has 1 heterocycles. The van der Waals surface area contributed by atoms with Crippen molar-refractivity contribution in [1.29, 1.82) is 0 Å². The molecule has 2 unspecified atom stereocenters. The molecule has 1 aromatic rings. The summed E-state index contributed by atoms with van der Waals surface area (Å²) in [6.07, 6.45) is 7.83. The third kappa shape index (κ3) is 3.07. The van der Waals surface area contributed by atoms with E-state index in [1.54, 1.807) is 0 Å². The van der Waals surface area contributed by atoms with Crippen LogP contribution in [-0.4, -0.2) is 40.4 Å². The molecule has 0 aromatic carbocycles. The van der Waals surface area contributed by atoms with E-state index >= 15 is 0 Å². The molecule has 4 nitrogen and oxygen atoms in total. The minimum Gasteiger partial charge on any atom is -0.330 e. The number of likely N-dealkylation sites (N-methyl/N-ethyl adjacent to an activating group) is 1. The fourth-order valence-corrected chi connectivity index (χ4v) is 2.99. The lowest BCUT2D eigenvalue weighted by Gasteiger charge is -2.31. The van der Waals surface area contributed by atoms with Gasteiger partial charge < -0.3 is 5.73 Å². The highest BCUT2D eigenvalue weighted by Crippen LogP contribution is 2.28. The predicted molar refractivity (Wildman–Crippen MR) is 69.7 cm³/mol. The Kier molecular flexibility index (Phi) is 4.57. The molecule has 1 fully saturated rings. The third-order valence-electron chi connectivity index (χ3n) is 3.97. The smallest absolute Gasteiger partial charge is 0.0536 e. The van der Waals surface area contributed by atoms with Crippen LogP contribution >= 0.6 is 0 Å². The van der Waals surface area contributed by atoms with Crippen LogP contribution in [0.5, 0.6) is 0 Å². The van der Waals surface area contributed by atoms with E-state index in [1.165, 1.54) is 19.3 Å². The maximum atomic E-state index is 5.86. The fraction of sp³-hybridized carbons (Fsp3) is 0.769. The molecule has 1 aliphatic rings. The van der Waals surface area contributed by atoms with Gasteiger partial charge in [0.25, 0.3) is 0 Å². The van der Waals surface area contributed by atoms with Crippen LogP contribution in [0.25, 0.3) is 0 Å².